The second-order valence-electron chi connectivity index (χ2n) is 8.34. The number of rotatable bonds is 5. The third-order valence-electron chi connectivity index (χ3n) is 6.39. The molecule has 1 aromatic carbocycles. The maximum absolute atomic E-state index is 12.9. The molecule has 7 heteroatoms. The molecule has 0 unspecified atom stereocenters. The molecule has 1 aromatic rings. The first-order valence-corrected chi connectivity index (χ1v) is 11.0. The summed E-state index contributed by atoms with van der Waals surface area (Å²) in [7, 11) is 0. The van der Waals surface area contributed by atoms with E-state index in [0.29, 0.717) is 12.3 Å². The SMILES string of the molecule is O=C1CCCN1CCN1CCN(C(=O)N2CCN(Cc3ccccc3)CC2)CC1. The molecule has 3 saturated heterocycles. The van der Waals surface area contributed by atoms with E-state index in [1.54, 1.807) is 0 Å². The average Bonchev–Trinajstić information content (AvgIpc) is 3.18. The molecule has 4 rings (SSSR count). The quantitative estimate of drug-likeness (QED) is 0.746. The van der Waals surface area contributed by atoms with Crippen LogP contribution >= 0.6 is 0 Å². The molecule has 0 saturated carbocycles. The highest BCUT2D eigenvalue weighted by Crippen LogP contribution is 2.13. The van der Waals surface area contributed by atoms with E-state index in [0.717, 1.165) is 85.0 Å². The lowest BCUT2D eigenvalue weighted by molar-refractivity contribution is -0.127. The summed E-state index contributed by atoms with van der Waals surface area (Å²) in [6.45, 7) is 10.5. The van der Waals surface area contributed by atoms with Gasteiger partial charge in [0.15, 0.2) is 0 Å². The van der Waals surface area contributed by atoms with Gasteiger partial charge in [-0.2, -0.15) is 0 Å². The lowest BCUT2D eigenvalue weighted by Gasteiger charge is -2.40. The van der Waals surface area contributed by atoms with Gasteiger partial charge in [-0.25, -0.2) is 4.79 Å². The van der Waals surface area contributed by atoms with Crippen LogP contribution in [0.4, 0.5) is 4.79 Å². The molecule has 3 heterocycles. The summed E-state index contributed by atoms with van der Waals surface area (Å²) < 4.78 is 0. The van der Waals surface area contributed by atoms with Gasteiger partial charge in [0, 0.05) is 85.0 Å². The van der Waals surface area contributed by atoms with Crippen molar-refractivity contribution in [2.24, 2.45) is 0 Å². The van der Waals surface area contributed by atoms with Crippen LogP contribution in [0.3, 0.4) is 0 Å². The Morgan fingerprint density at radius 2 is 1.38 bits per heavy atom. The molecule has 3 aliphatic heterocycles. The lowest BCUT2D eigenvalue weighted by Crippen LogP contribution is -2.57. The summed E-state index contributed by atoms with van der Waals surface area (Å²) in [5, 5.41) is 0. The van der Waals surface area contributed by atoms with E-state index in [1.807, 2.05) is 20.8 Å². The fraction of sp³-hybridized carbons (Fsp3) is 0.636. The van der Waals surface area contributed by atoms with Gasteiger partial charge in [0.05, 0.1) is 0 Å². The van der Waals surface area contributed by atoms with Crippen LogP contribution in [0.2, 0.25) is 0 Å². The predicted molar refractivity (Wildman–Crippen MR) is 113 cm³/mol. The Balaban J connectivity index is 1.16. The van der Waals surface area contributed by atoms with E-state index in [9.17, 15) is 9.59 Å². The molecule has 29 heavy (non-hydrogen) atoms. The summed E-state index contributed by atoms with van der Waals surface area (Å²) in [5.41, 5.74) is 1.33. The monoisotopic (exact) mass is 399 g/mol. The third-order valence-corrected chi connectivity index (χ3v) is 6.39. The number of carbonyl (C=O) groups excluding carboxylic acids is 2. The fourth-order valence-corrected chi connectivity index (χ4v) is 4.50. The van der Waals surface area contributed by atoms with E-state index in [2.05, 4.69) is 34.1 Å². The van der Waals surface area contributed by atoms with Crippen molar-refractivity contribution in [3.63, 3.8) is 0 Å². The van der Waals surface area contributed by atoms with Gasteiger partial charge in [-0.15, -0.1) is 0 Å². The number of hydrogen-bond donors (Lipinski definition) is 0. The van der Waals surface area contributed by atoms with Crippen molar-refractivity contribution in [1.29, 1.82) is 0 Å². The van der Waals surface area contributed by atoms with Crippen LogP contribution in [0.25, 0.3) is 0 Å². The van der Waals surface area contributed by atoms with Gasteiger partial charge in [-0.3, -0.25) is 14.6 Å². The molecule has 3 fully saturated rings. The zero-order chi connectivity index (χ0) is 20.1. The zero-order valence-electron chi connectivity index (χ0n) is 17.3. The van der Waals surface area contributed by atoms with Gasteiger partial charge in [-0.05, 0) is 12.0 Å². The highest BCUT2D eigenvalue weighted by Gasteiger charge is 2.28. The maximum atomic E-state index is 12.9. The van der Waals surface area contributed by atoms with Gasteiger partial charge >= 0.3 is 6.03 Å². The lowest BCUT2D eigenvalue weighted by atomic mass is 10.2. The topological polar surface area (TPSA) is 50.3 Å². The number of nitrogens with zero attached hydrogens (tertiary/aromatic N) is 5. The van der Waals surface area contributed by atoms with Crippen molar-refractivity contribution < 1.29 is 9.59 Å². The van der Waals surface area contributed by atoms with Gasteiger partial charge in [0.2, 0.25) is 5.91 Å². The first-order valence-electron chi connectivity index (χ1n) is 11.0. The van der Waals surface area contributed by atoms with Gasteiger partial charge in [-0.1, -0.05) is 30.3 Å². The molecule has 0 aromatic heterocycles. The van der Waals surface area contributed by atoms with Crippen LogP contribution in [0.1, 0.15) is 18.4 Å². The smallest absolute Gasteiger partial charge is 0.320 e. The van der Waals surface area contributed by atoms with Crippen LogP contribution < -0.4 is 0 Å². The van der Waals surface area contributed by atoms with E-state index in [4.69, 9.17) is 0 Å². The Labute approximate surface area is 173 Å². The Morgan fingerprint density at radius 1 is 0.759 bits per heavy atom. The number of hydrogen-bond acceptors (Lipinski definition) is 4. The van der Waals surface area contributed by atoms with Crippen LogP contribution in [-0.4, -0.2) is 108 Å². The van der Waals surface area contributed by atoms with Crippen molar-refractivity contribution >= 4 is 11.9 Å². The number of amides is 3. The summed E-state index contributed by atoms with van der Waals surface area (Å²) in [4.78, 5) is 35.4. The van der Waals surface area contributed by atoms with Crippen molar-refractivity contribution in [3.05, 3.63) is 35.9 Å². The first-order chi connectivity index (χ1) is 14.2. The highest BCUT2D eigenvalue weighted by molar-refractivity contribution is 5.78. The molecule has 7 nitrogen and oxygen atoms in total. The summed E-state index contributed by atoms with van der Waals surface area (Å²) >= 11 is 0. The largest absolute Gasteiger partial charge is 0.341 e. The van der Waals surface area contributed by atoms with Crippen LogP contribution in [-0.2, 0) is 11.3 Å². The number of benzene rings is 1. The number of carbonyl (C=O) groups is 2. The molecule has 3 aliphatic rings. The highest BCUT2D eigenvalue weighted by atomic mass is 16.2. The minimum Gasteiger partial charge on any atom is -0.341 e. The zero-order valence-corrected chi connectivity index (χ0v) is 17.3. The third kappa shape index (κ3) is 5.28. The molecule has 0 bridgehead atoms. The minimum absolute atomic E-state index is 0.193. The fourth-order valence-electron chi connectivity index (χ4n) is 4.50. The van der Waals surface area contributed by atoms with Crippen molar-refractivity contribution in [2.75, 3.05) is 72.0 Å². The van der Waals surface area contributed by atoms with Crippen LogP contribution in [0, 0.1) is 0 Å². The Hall–Kier alpha value is -2.12. The average molecular weight is 400 g/mol. The van der Waals surface area contributed by atoms with E-state index in [1.165, 1.54) is 5.56 Å². The van der Waals surface area contributed by atoms with Crippen molar-refractivity contribution in [1.82, 2.24) is 24.5 Å². The van der Waals surface area contributed by atoms with Crippen molar-refractivity contribution in [3.8, 4) is 0 Å². The molecular weight excluding hydrogens is 366 g/mol. The van der Waals surface area contributed by atoms with E-state index >= 15 is 0 Å². The Bertz CT molecular complexity index is 682. The van der Waals surface area contributed by atoms with Gasteiger partial charge < -0.3 is 14.7 Å². The molecular formula is C22H33N5O2. The predicted octanol–water partition coefficient (Wildman–Crippen LogP) is 1.16. The number of likely N-dealkylation sites (tertiary alicyclic amines) is 1. The summed E-state index contributed by atoms with van der Waals surface area (Å²) in [6, 6.07) is 10.7. The van der Waals surface area contributed by atoms with E-state index < -0.39 is 0 Å². The number of piperazine rings is 2. The van der Waals surface area contributed by atoms with E-state index in [-0.39, 0.29) is 6.03 Å². The molecule has 0 atom stereocenters. The summed E-state index contributed by atoms with van der Waals surface area (Å²) in [6.07, 6.45) is 1.71. The molecule has 158 valence electrons. The Kier molecular flexibility index (Phi) is 6.67. The van der Waals surface area contributed by atoms with Gasteiger partial charge in [0.1, 0.15) is 0 Å². The second-order valence-corrected chi connectivity index (χ2v) is 8.34. The standard InChI is InChI=1S/C22H33N5O2/c28-21-7-4-8-25(21)14-9-23-10-15-26(16-11-23)22(29)27-17-12-24(13-18-27)19-20-5-2-1-3-6-20/h1-3,5-6H,4,7-19H2. The molecule has 0 radical (unpaired) electrons. The minimum atomic E-state index is 0.193. The second kappa shape index (κ2) is 9.59. The number of urea groups is 1. The van der Waals surface area contributed by atoms with Crippen LogP contribution in [0.5, 0.6) is 0 Å². The first kappa shape index (κ1) is 20.2. The van der Waals surface area contributed by atoms with Crippen molar-refractivity contribution in [2.45, 2.75) is 19.4 Å². The summed E-state index contributed by atoms with van der Waals surface area (Å²) in [5.74, 6) is 0.297. The Morgan fingerprint density at radius 3 is 1.97 bits per heavy atom. The molecule has 0 aliphatic carbocycles. The maximum Gasteiger partial charge on any atom is 0.320 e. The molecule has 0 spiro atoms. The van der Waals surface area contributed by atoms with Gasteiger partial charge in [0.25, 0.3) is 0 Å². The normalized spacial score (nSPS) is 21.8. The van der Waals surface area contributed by atoms with Crippen LogP contribution in [0.15, 0.2) is 30.3 Å². The molecule has 3 amide bonds. The molecule has 0 N–H and O–H groups in total.